The van der Waals surface area contributed by atoms with Gasteiger partial charge in [0, 0.05) is 22.6 Å². The topological polar surface area (TPSA) is 47.0 Å². The first kappa shape index (κ1) is 12.6. The van der Waals surface area contributed by atoms with Gasteiger partial charge in [0.15, 0.2) is 0 Å². The van der Waals surface area contributed by atoms with Gasteiger partial charge in [0.1, 0.15) is 5.15 Å². The molecule has 18 heavy (non-hydrogen) atoms. The van der Waals surface area contributed by atoms with Crippen LogP contribution in [0.4, 0.5) is 0 Å². The smallest absolute Gasteiger partial charge is 0.244 e. The molecule has 0 spiro atoms. The average Bonchev–Trinajstić information content (AvgIpc) is 2.40. The molecule has 0 aliphatic carbocycles. The molecule has 2 rings (SSSR count). The Morgan fingerprint density at radius 1 is 1.17 bits per heavy atom. The SMILES string of the molecule is C#CS(=O)(=O)c1ccccc1-c1ccc(Cl)nc1. The molecule has 1 aromatic carbocycles. The lowest BCUT2D eigenvalue weighted by molar-refractivity contribution is 0.606. The van der Waals surface area contributed by atoms with Crippen LogP contribution in [0.1, 0.15) is 0 Å². The van der Waals surface area contributed by atoms with Gasteiger partial charge < -0.3 is 0 Å². The molecule has 2 aromatic rings. The number of hydrogen-bond acceptors (Lipinski definition) is 3. The van der Waals surface area contributed by atoms with Crippen LogP contribution in [0.5, 0.6) is 0 Å². The van der Waals surface area contributed by atoms with Gasteiger partial charge in [-0.05, 0) is 18.2 Å². The van der Waals surface area contributed by atoms with Crippen molar-refractivity contribution in [2.75, 3.05) is 0 Å². The predicted molar refractivity (Wildman–Crippen MR) is 70.7 cm³/mol. The molecule has 0 atom stereocenters. The zero-order valence-electron chi connectivity index (χ0n) is 9.17. The Morgan fingerprint density at radius 3 is 2.50 bits per heavy atom. The molecule has 0 fully saturated rings. The number of aromatic nitrogens is 1. The molecule has 0 radical (unpaired) electrons. The van der Waals surface area contributed by atoms with Crippen LogP contribution in [0.25, 0.3) is 11.1 Å². The fourth-order valence-electron chi connectivity index (χ4n) is 1.54. The highest BCUT2D eigenvalue weighted by molar-refractivity contribution is 7.96. The zero-order valence-corrected chi connectivity index (χ0v) is 10.7. The predicted octanol–water partition coefficient (Wildman–Crippen LogP) is 2.77. The van der Waals surface area contributed by atoms with Gasteiger partial charge in [0.2, 0.25) is 9.84 Å². The Bertz CT molecular complexity index is 715. The van der Waals surface area contributed by atoms with Gasteiger partial charge >= 0.3 is 0 Å². The van der Waals surface area contributed by atoms with E-state index >= 15 is 0 Å². The highest BCUT2D eigenvalue weighted by atomic mass is 35.5. The lowest BCUT2D eigenvalue weighted by Gasteiger charge is -2.06. The Morgan fingerprint density at radius 2 is 1.89 bits per heavy atom. The highest BCUT2D eigenvalue weighted by Crippen LogP contribution is 2.27. The number of benzene rings is 1. The molecule has 90 valence electrons. The minimum atomic E-state index is -3.72. The molecule has 0 aliphatic rings. The van der Waals surface area contributed by atoms with E-state index < -0.39 is 9.84 Å². The third-order valence-corrected chi connectivity index (χ3v) is 3.84. The highest BCUT2D eigenvalue weighted by Gasteiger charge is 2.16. The van der Waals surface area contributed by atoms with Crippen LogP contribution < -0.4 is 0 Å². The van der Waals surface area contributed by atoms with E-state index in [4.69, 9.17) is 18.0 Å². The van der Waals surface area contributed by atoms with E-state index in [9.17, 15) is 8.42 Å². The number of halogens is 1. The van der Waals surface area contributed by atoms with Gasteiger partial charge in [-0.2, -0.15) is 0 Å². The van der Waals surface area contributed by atoms with Gasteiger partial charge in [0.25, 0.3) is 0 Å². The van der Waals surface area contributed by atoms with Crippen molar-refractivity contribution >= 4 is 21.4 Å². The fraction of sp³-hybridized carbons (Fsp3) is 0. The van der Waals surface area contributed by atoms with Crippen molar-refractivity contribution in [2.45, 2.75) is 4.90 Å². The zero-order chi connectivity index (χ0) is 13.2. The van der Waals surface area contributed by atoms with E-state index in [0.29, 0.717) is 16.3 Å². The number of sulfone groups is 1. The maximum absolute atomic E-state index is 11.8. The Kier molecular flexibility index (Phi) is 3.37. The summed E-state index contributed by atoms with van der Waals surface area (Å²) in [5.74, 6) is 0. The van der Waals surface area contributed by atoms with E-state index in [1.807, 2.05) is 0 Å². The van der Waals surface area contributed by atoms with Crippen molar-refractivity contribution in [3.8, 4) is 22.8 Å². The number of rotatable bonds is 2. The monoisotopic (exact) mass is 277 g/mol. The minimum absolute atomic E-state index is 0.0941. The Labute approximate surface area is 110 Å². The fourth-order valence-corrected chi connectivity index (χ4v) is 2.51. The summed E-state index contributed by atoms with van der Waals surface area (Å²) in [6.45, 7) is 0. The molecule has 0 N–H and O–H groups in total. The van der Waals surface area contributed by atoms with Crippen molar-refractivity contribution < 1.29 is 8.42 Å². The first-order valence-corrected chi connectivity index (χ1v) is 6.84. The standard InChI is InChI=1S/C13H8ClNO2S/c1-2-18(16,17)12-6-4-3-5-11(12)10-7-8-13(14)15-9-10/h1,3-9H. The minimum Gasteiger partial charge on any atom is -0.244 e. The molecule has 3 nitrogen and oxygen atoms in total. The lowest BCUT2D eigenvalue weighted by Crippen LogP contribution is -1.99. The summed E-state index contributed by atoms with van der Waals surface area (Å²) in [4.78, 5) is 4.02. The average molecular weight is 278 g/mol. The lowest BCUT2D eigenvalue weighted by atomic mass is 10.1. The molecule has 0 aliphatic heterocycles. The van der Waals surface area contributed by atoms with Gasteiger partial charge in [0.05, 0.1) is 4.90 Å². The van der Waals surface area contributed by atoms with Crippen LogP contribution in [-0.2, 0) is 9.84 Å². The second kappa shape index (κ2) is 4.81. The molecule has 0 saturated heterocycles. The van der Waals surface area contributed by atoms with Gasteiger partial charge in [-0.15, -0.1) is 6.42 Å². The van der Waals surface area contributed by atoms with Crippen LogP contribution in [0.15, 0.2) is 47.5 Å². The van der Waals surface area contributed by atoms with E-state index in [2.05, 4.69) is 4.98 Å². The van der Waals surface area contributed by atoms with E-state index in [1.165, 1.54) is 12.3 Å². The molecular weight excluding hydrogens is 270 g/mol. The Hall–Kier alpha value is -1.83. The van der Waals surface area contributed by atoms with Gasteiger partial charge in [-0.25, -0.2) is 13.4 Å². The second-order valence-electron chi connectivity index (χ2n) is 3.49. The van der Waals surface area contributed by atoms with Crippen LogP contribution in [0.3, 0.4) is 0 Å². The third kappa shape index (κ3) is 2.37. The summed E-state index contributed by atoms with van der Waals surface area (Å²) in [5.41, 5.74) is 1.16. The van der Waals surface area contributed by atoms with Crippen LogP contribution >= 0.6 is 11.6 Å². The quantitative estimate of drug-likeness (QED) is 0.482. The molecule has 0 saturated carbocycles. The maximum Gasteiger partial charge on any atom is 0.245 e. The molecule has 0 unspecified atom stereocenters. The molecular formula is C13H8ClNO2S. The van der Waals surface area contributed by atoms with E-state index in [-0.39, 0.29) is 4.90 Å². The van der Waals surface area contributed by atoms with Gasteiger partial charge in [-0.1, -0.05) is 29.8 Å². The summed E-state index contributed by atoms with van der Waals surface area (Å²) < 4.78 is 23.6. The van der Waals surface area contributed by atoms with Crippen molar-refractivity contribution in [1.29, 1.82) is 0 Å². The molecule has 1 aromatic heterocycles. The van der Waals surface area contributed by atoms with Gasteiger partial charge in [-0.3, -0.25) is 0 Å². The largest absolute Gasteiger partial charge is 0.245 e. The van der Waals surface area contributed by atoms with Crippen molar-refractivity contribution in [1.82, 2.24) is 4.98 Å². The van der Waals surface area contributed by atoms with E-state index in [0.717, 1.165) is 0 Å². The summed E-state index contributed by atoms with van der Waals surface area (Å²) in [6.07, 6.45) is 6.54. The first-order chi connectivity index (χ1) is 8.54. The maximum atomic E-state index is 11.8. The number of nitrogens with zero attached hydrogens (tertiary/aromatic N) is 1. The number of terminal acetylenes is 1. The molecule has 5 heteroatoms. The van der Waals surface area contributed by atoms with Crippen LogP contribution in [-0.4, -0.2) is 13.4 Å². The normalized spacial score (nSPS) is 10.9. The van der Waals surface area contributed by atoms with Crippen molar-refractivity contribution in [3.05, 3.63) is 47.7 Å². The Balaban J connectivity index is 2.67. The van der Waals surface area contributed by atoms with Crippen molar-refractivity contribution in [2.24, 2.45) is 0 Å². The third-order valence-electron chi connectivity index (χ3n) is 2.37. The summed E-state index contributed by atoms with van der Waals surface area (Å²) in [6, 6.07) is 9.79. The molecule has 1 heterocycles. The molecule has 0 amide bonds. The van der Waals surface area contributed by atoms with E-state index in [1.54, 1.807) is 35.6 Å². The number of pyridine rings is 1. The number of hydrogen-bond donors (Lipinski definition) is 0. The second-order valence-corrected chi connectivity index (χ2v) is 5.56. The van der Waals surface area contributed by atoms with Crippen LogP contribution in [0.2, 0.25) is 5.15 Å². The summed E-state index contributed by atoms with van der Waals surface area (Å²) in [5, 5.41) is 2.15. The molecule has 0 bridgehead atoms. The summed E-state index contributed by atoms with van der Waals surface area (Å²) in [7, 11) is -3.72. The first-order valence-electron chi connectivity index (χ1n) is 4.98. The van der Waals surface area contributed by atoms with Crippen molar-refractivity contribution in [3.63, 3.8) is 0 Å². The summed E-state index contributed by atoms with van der Waals surface area (Å²) >= 11 is 5.69. The van der Waals surface area contributed by atoms with Crippen LogP contribution in [0, 0.1) is 11.7 Å².